The molecule has 0 spiro atoms. The van der Waals surface area contributed by atoms with Gasteiger partial charge in [-0.3, -0.25) is 20.2 Å². The Morgan fingerprint density at radius 1 is 1.23 bits per heavy atom. The van der Waals surface area contributed by atoms with Crippen LogP contribution in [0.5, 0.6) is 0 Å². The topological polar surface area (TPSA) is 111 Å². The number of nitro groups is 1. The van der Waals surface area contributed by atoms with Gasteiger partial charge >= 0.3 is 5.97 Å². The molecule has 1 aromatic heterocycles. The number of hydrogen-bond acceptors (Lipinski definition) is 7. The molecule has 31 heavy (non-hydrogen) atoms. The SMILES string of the molecule is C[C@@H](OC(=O)c1cc([N+](=O)[O-])ccc1Cl)C(=O)Nc1nc(-c2ccc(F)c(F)c2)cs1. The van der Waals surface area contributed by atoms with Crippen LogP contribution in [0, 0.1) is 21.7 Å². The number of ether oxygens (including phenoxy) is 1. The minimum absolute atomic E-state index is 0.0701. The molecule has 3 rings (SSSR count). The van der Waals surface area contributed by atoms with Crippen molar-refractivity contribution in [1.29, 1.82) is 0 Å². The first kappa shape index (κ1) is 22.2. The van der Waals surface area contributed by atoms with E-state index in [1.807, 2.05) is 0 Å². The summed E-state index contributed by atoms with van der Waals surface area (Å²) in [6.45, 7) is 1.29. The van der Waals surface area contributed by atoms with Crippen LogP contribution >= 0.6 is 22.9 Å². The molecule has 0 unspecified atom stereocenters. The van der Waals surface area contributed by atoms with Gasteiger partial charge in [0.25, 0.3) is 11.6 Å². The zero-order valence-corrected chi connectivity index (χ0v) is 17.2. The first-order valence-corrected chi connectivity index (χ1v) is 9.78. The lowest BCUT2D eigenvalue weighted by Crippen LogP contribution is -2.30. The van der Waals surface area contributed by atoms with Crippen LogP contribution in [0.4, 0.5) is 19.6 Å². The number of halogens is 3. The number of aromatic nitrogens is 1. The second-order valence-corrected chi connectivity index (χ2v) is 7.39. The molecule has 1 amide bonds. The Balaban J connectivity index is 1.67. The molecule has 1 atom stereocenters. The number of nitrogens with one attached hydrogen (secondary N) is 1. The summed E-state index contributed by atoms with van der Waals surface area (Å²) in [7, 11) is 0. The Kier molecular flexibility index (Phi) is 6.56. The van der Waals surface area contributed by atoms with E-state index in [1.54, 1.807) is 0 Å². The first-order chi connectivity index (χ1) is 14.7. The summed E-state index contributed by atoms with van der Waals surface area (Å²) in [5, 5.41) is 14.9. The van der Waals surface area contributed by atoms with E-state index in [0.717, 1.165) is 35.6 Å². The molecule has 0 fully saturated rings. The van der Waals surface area contributed by atoms with E-state index in [4.69, 9.17) is 16.3 Å². The van der Waals surface area contributed by atoms with Crippen molar-refractivity contribution in [2.75, 3.05) is 5.32 Å². The molecule has 0 aliphatic heterocycles. The summed E-state index contributed by atoms with van der Waals surface area (Å²) >= 11 is 6.92. The van der Waals surface area contributed by atoms with Crippen molar-refractivity contribution in [2.45, 2.75) is 13.0 Å². The fourth-order valence-corrected chi connectivity index (χ4v) is 3.30. The van der Waals surface area contributed by atoms with Gasteiger partial charge in [0.1, 0.15) is 0 Å². The molecule has 0 bridgehead atoms. The lowest BCUT2D eigenvalue weighted by atomic mass is 10.2. The fourth-order valence-electron chi connectivity index (χ4n) is 2.39. The van der Waals surface area contributed by atoms with E-state index in [-0.39, 0.29) is 21.4 Å². The van der Waals surface area contributed by atoms with Crippen LogP contribution in [0.2, 0.25) is 5.02 Å². The Morgan fingerprint density at radius 3 is 2.65 bits per heavy atom. The van der Waals surface area contributed by atoms with Crippen LogP contribution in [-0.4, -0.2) is 27.9 Å². The maximum atomic E-state index is 13.4. The fraction of sp³-hybridized carbons (Fsp3) is 0.105. The maximum absolute atomic E-state index is 13.4. The highest BCUT2D eigenvalue weighted by Crippen LogP contribution is 2.27. The predicted molar refractivity (Wildman–Crippen MR) is 109 cm³/mol. The van der Waals surface area contributed by atoms with Gasteiger partial charge in [-0.2, -0.15) is 0 Å². The van der Waals surface area contributed by atoms with Crippen LogP contribution in [0.25, 0.3) is 11.3 Å². The van der Waals surface area contributed by atoms with Crippen molar-refractivity contribution in [1.82, 2.24) is 4.98 Å². The molecule has 8 nitrogen and oxygen atoms in total. The predicted octanol–water partition coefficient (Wildman–Crippen LogP) is 4.83. The van der Waals surface area contributed by atoms with E-state index in [0.29, 0.717) is 11.3 Å². The summed E-state index contributed by atoms with van der Waals surface area (Å²) in [6.07, 6.45) is -1.28. The average Bonchev–Trinajstić information content (AvgIpc) is 3.18. The smallest absolute Gasteiger partial charge is 0.340 e. The Hall–Kier alpha value is -3.44. The van der Waals surface area contributed by atoms with E-state index in [9.17, 15) is 28.5 Å². The normalized spacial score (nSPS) is 11.6. The molecule has 1 N–H and O–H groups in total. The largest absolute Gasteiger partial charge is 0.449 e. The van der Waals surface area contributed by atoms with Crippen LogP contribution in [0.15, 0.2) is 41.8 Å². The highest BCUT2D eigenvalue weighted by atomic mass is 35.5. The quantitative estimate of drug-likeness (QED) is 0.315. The molecule has 0 aliphatic rings. The second kappa shape index (κ2) is 9.14. The van der Waals surface area contributed by atoms with Crippen LogP contribution in [-0.2, 0) is 9.53 Å². The average molecular weight is 468 g/mol. The van der Waals surface area contributed by atoms with E-state index in [1.165, 1.54) is 24.4 Å². The van der Waals surface area contributed by atoms with Gasteiger partial charge < -0.3 is 4.74 Å². The molecular weight excluding hydrogens is 456 g/mol. The van der Waals surface area contributed by atoms with Crippen molar-refractivity contribution < 1.29 is 28.0 Å². The molecule has 12 heteroatoms. The highest BCUT2D eigenvalue weighted by Gasteiger charge is 2.23. The Labute approximate surface area is 182 Å². The molecule has 2 aromatic carbocycles. The molecule has 0 radical (unpaired) electrons. The van der Waals surface area contributed by atoms with Crippen LogP contribution in [0.1, 0.15) is 17.3 Å². The standard InChI is InChI=1S/C19H12ClF2N3O5S/c1-9(30-18(27)12-7-11(25(28)29)3-4-13(12)20)17(26)24-19-23-16(8-31-19)10-2-5-14(21)15(22)6-10/h2-9H,1H3,(H,23,24,26)/t9-/m1/s1. The molecule has 160 valence electrons. The zero-order valence-electron chi connectivity index (χ0n) is 15.6. The first-order valence-electron chi connectivity index (χ1n) is 8.52. The third kappa shape index (κ3) is 5.19. The summed E-state index contributed by atoms with van der Waals surface area (Å²) < 4.78 is 31.5. The Bertz CT molecular complexity index is 1190. The summed E-state index contributed by atoms with van der Waals surface area (Å²) in [4.78, 5) is 38.9. The summed E-state index contributed by atoms with van der Waals surface area (Å²) in [5.74, 6) is -3.76. The highest BCUT2D eigenvalue weighted by molar-refractivity contribution is 7.14. The van der Waals surface area contributed by atoms with Gasteiger partial charge in [0, 0.05) is 23.1 Å². The lowest BCUT2D eigenvalue weighted by Gasteiger charge is -2.13. The third-order valence-corrected chi connectivity index (χ3v) is 5.07. The molecule has 1 heterocycles. The van der Waals surface area contributed by atoms with Gasteiger partial charge in [0.15, 0.2) is 22.9 Å². The van der Waals surface area contributed by atoms with Gasteiger partial charge in [0.2, 0.25) is 0 Å². The monoisotopic (exact) mass is 467 g/mol. The van der Waals surface area contributed by atoms with Gasteiger partial charge in [0.05, 0.1) is 21.2 Å². The number of esters is 1. The van der Waals surface area contributed by atoms with Gasteiger partial charge in [-0.25, -0.2) is 18.6 Å². The number of thiazole rings is 1. The third-order valence-electron chi connectivity index (χ3n) is 3.98. The number of nitro benzene ring substituents is 1. The molecule has 0 aliphatic carbocycles. The van der Waals surface area contributed by atoms with Crippen LogP contribution < -0.4 is 5.32 Å². The molecular formula is C19H12ClF2N3O5S. The van der Waals surface area contributed by atoms with Crippen molar-refractivity contribution in [2.24, 2.45) is 0 Å². The summed E-state index contributed by atoms with van der Waals surface area (Å²) in [6, 6.07) is 6.53. The van der Waals surface area contributed by atoms with E-state index in [2.05, 4.69) is 10.3 Å². The Morgan fingerprint density at radius 2 is 1.97 bits per heavy atom. The molecule has 0 saturated heterocycles. The number of hydrogen-bond donors (Lipinski definition) is 1. The maximum Gasteiger partial charge on any atom is 0.340 e. The zero-order chi connectivity index (χ0) is 22.7. The van der Waals surface area contributed by atoms with Crippen molar-refractivity contribution in [3.8, 4) is 11.3 Å². The minimum atomic E-state index is -1.28. The number of non-ortho nitro benzene ring substituents is 1. The van der Waals surface area contributed by atoms with Gasteiger partial charge in [-0.1, -0.05) is 11.6 Å². The number of carbonyl (C=O) groups is 2. The number of benzene rings is 2. The molecule has 3 aromatic rings. The number of nitrogens with zero attached hydrogens (tertiary/aromatic N) is 2. The van der Waals surface area contributed by atoms with Crippen LogP contribution in [0.3, 0.4) is 0 Å². The minimum Gasteiger partial charge on any atom is -0.449 e. The van der Waals surface area contributed by atoms with E-state index >= 15 is 0 Å². The van der Waals surface area contributed by atoms with Crippen molar-refractivity contribution in [3.05, 3.63) is 74.1 Å². The van der Waals surface area contributed by atoms with Crippen molar-refractivity contribution >= 4 is 45.6 Å². The van der Waals surface area contributed by atoms with E-state index < -0.39 is 34.5 Å². The number of rotatable bonds is 6. The number of anilines is 1. The molecule has 0 saturated carbocycles. The lowest BCUT2D eigenvalue weighted by molar-refractivity contribution is -0.384. The summed E-state index contributed by atoms with van der Waals surface area (Å²) in [5.41, 5.74) is 0.00838. The second-order valence-electron chi connectivity index (χ2n) is 6.12. The van der Waals surface area contributed by atoms with Gasteiger partial charge in [-0.05, 0) is 31.2 Å². The van der Waals surface area contributed by atoms with Gasteiger partial charge in [-0.15, -0.1) is 11.3 Å². The number of amides is 1. The number of carbonyl (C=O) groups excluding carboxylic acids is 2. The van der Waals surface area contributed by atoms with Crippen molar-refractivity contribution in [3.63, 3.8) is 0 Å².